The summed E-state index contributed by atoms with van der Waals surface area (Å²) in [4.78, 5) is 26.3. The van der Waals surface area contributed by atoms with Crippen molar-refractivity contribution in [2.45, 2.75) is 26.1 Å². The average molecular weight is 471 g/mol. The molecule has 0 spiro atoms. The van der Waals surface area contributed by atoms with Gasteiger partial charge in [-0.05, 0) is 36.2 Å². The molecular formula is C27H23ClN4O2. The first-order chi connectivity index (χ1) is 16.5. The lowest BCUT2D eigenvalue weighted by molar-refractivity contribution is -0.122. The summed E-state index contributed by atoms with van der Waals surface area (Å²) in [5, 5.41) is 9.65. The standard InChI is InChI=1S/C27H23ClN4O2/c1-18(20-7-3-2-4-8-20)30-25(33)17-32-27(34)26-23(15-29-32)22-9-5-6-10-24(22)31(26)16-19-11-13-21(28)14-12-19/h2-15,18H,16-17H2,1H3,(H,30,33). The smallest absolute Gasteiger partial charge is 0.291 e. The van der Waals surface area contributed by atoms with Gasteiger partial charge in [-0.25, -0.2) is 4.68 Å². The van der Waals surface area contributed by atoms with Crippen molar-refractivity contribution in [3.8, 4) is 0 Å². The Morgan fingerprint density at radius 1 is 0.971 bits per heavy atom. The van der Waals surface area contributed by atoms with Crippen LogP contribution in [0.4, 0.5) is 0 Å². The fourth-order valence-electron chi connectivity index (χ4n) is 4.29. The highest BCUT2D eigenvalue weighted by atomic mass is 35.5. The molecule has 1 atom stereocenters. The lowest BCUT2D eigenvalue weighted by Crippen LogP contribution is -2.35. The Hall–Kier alpha value is -3.90. The monoisotopic (exact) mass is 470 g/mol. The maximum Gasteiger partial charge on any atom is 0.291 e. The number of carbonyl (C=O) groups excluding carboxylic acids is 1. The Labute approximate surface area is 201 Å². The fourth-order valence-corrected chi connectivity index (χ4v) is 4.42. The van der Waals surface area contributed by atoms with Gasteiger partial charge in [0.05, 0.1) is 12.2 Å². The van der Waals surface area contributed by atoms with Gasteiger partial charge in [0.2, 0.25) is 5.91 Å². The minimum absolute atomic E-state index is 0.158. The van der Waals surface area contributed by atoms with E-state index in [9.17, 15) is 9.59 Å². The third-order valence-electron chi connectivity index (χ3n) is 6.00. The molecule has 1 amide bonds. The number of nitrogens with zero attached hydrogens (tertiary/aromatic N) is 3. The summed E-state index contributed by atoms with van der Waals surface area (Å²) < 4.78 is 3.21. The van der Waals surface area contributed by atoms with Crippen LogP contribution in [0.15, 0.2) is 89.9 Å². The highest BCUT2D eigenvalue weighted by molar-refractivity contribution is 6.30. The molecule has 1 unspecified atom stereocenters. The fraction of sp³-hybridized carbons (Fsp3) is 0.148. The maximum atomic E-state index is 13.5. The van der Waals surface area contributed by atoms with Crippen LogP contribution in [-0.2, 0) is 17.9 Å². The van der Waals surface area contributed by atoms with E-state index in [0.717, 1.165) is 27.4 Å². The van der Waals surface area contributed by atoms with Crippen molar-refractivity contribution in [1.29, 1.82) is 0 Å². The van der Waals surface area contributed by atoms with Crippen molar-refractivity contribution < 1.29 is 4.79 Å². The van der Waals surface area contributed by atoms with Crippen molar-refractivity contribution in [3.63, 3.8) is 0 Å². The van der Waals surface area contributed by atoms with Gasteiger partial charge in [0, 0.05) is 27.9 Å². The minimum Gasteiger partial charge on any atom is -0.348 e. The number of nitrogens with one attached hydrogen (secondary N) is 1. The largest absolute Gasteiger partial charge is 0.348 e. The summed E-state index contributed by atoms with van der Waals surface area (Å²) in [6.45, 7) is 2.25. The molecule has 0 saturated carbocycles. The van der Waals surface area contributed by atoms with E-state index < -0.39 is 0 Å². The molecule has 34 heavy (non-hydrogen) atoms. The van der Waals surface area contributed by atoms with Gasteiger partial charge in [0.25, 0.3) is 5.56 Å². The van der Waals surface area contributed by atoms with Crippen molar-refractivity contribution in [3.05, 3.63) is 112 Å². The van der Waals surface area contributed by atoms with Crippen molar-refractivity contribution >= 4 is 39.3 Å². The first-order valence-electron chi connectivity index (χ1n) is 11.1. The van der Waals surface area contributed by atoms with Crippen LogP contribution in [-0.4, -0.2) is 20.3 Å². The van der Waals surface area contributed by atoms with E-state index in [0.29, 0.717) is 17.1 Å². The van der Waals surface area contributed by atoms with Crippen LogP contribution < -0.4 is 10.9 Å². The average Bonchev–Trinajstić information content (AvgIpc) is 3.17. The topological polar surface area (TPSA) is 68.9 Å². The number of para-hydroxylation sites is 1. The quantitative estimate of drug-likeness (QED) is 0.382. The first-order valence-corrected chi connectivity index (χ1v) is 11.4. The van der Waals surface area contributed by atoms with Crippen molar-refractivity contribution in [2.75, 3.05) is 0 Å². The number of amides is 1. The van der Waals surface area contributed by atoms with E-state index in [1.54, 1.807) is 6.20 Å². The van der Waals surface area contributed by atoms with Crippen LogP contribution >= 0.6 is 11.6 Å². The van der Waals surface area contributed by atoms with Gasteiger partial charge in [-0.2, -0.15) is 5.10 Å². The Morgan fingerprint density at radius 3 is 2.44 bits per heavy atom. The predicted molar refractivity (Wildman–Crippen MR) is 135 cm³/mol. The summed E-state index contributed by atoms with van der Waals surface area (Å²) in [6.07, 6.45) is 1.67. The Kier molecular flexibility index (Phi) is 5.90. The molecule has 1 N–H and O–H groups in total. The Morgan fingerprint density at radius 2 is 1.68 bits per heavy atom. The van der Waals surface area contributed by atoms with E-state index in [1.807, 2.05) is 90.4 Å². The van der Waals surface area contributed by atoms with E-state index in [-0.39, 0.29) is 24.1 Å². The normalized spacial score (nSPS) is 12.2. The summed E-state index contributed by atoms with van der Waals surface area (Å²) in [6, 6.07) is 24.9. The second-order valence-corrected chi connectivity index (χ2v) is 8.74. The van der Waals surface area contributed by atoms with Gasteiger partial charge in [-0.3, -0.25) is 9.59 Å². The lowest BCUT2D eigenvalue weighted by atomic mass is 10.1. The molecule has 0 aliphatic carbocycles. The molecule has 0 radical (unpaired) electrons. The first kappa shape index (κ1) is 21.9. The molecule has 2 aromatic heterocycles. The predicted octanol–water partition coefficient (Wildman–Crippen LogP) is 4.93. The van der Waals surface area contributed by atoms with E-state index in [1.165, 1.54) is 4.68 Å². The van der Waals surface area contributed by atoms with Crippen molar-refractivity contribution in [2.24, 2.45) is 0 Å². The molecule has 0 fully saturated rings. The summed E-state index contributed by atoms with van der Waals surface area (Å²) in [5.74, 6) is -0.273. The van der Waals surface area contributed by atoms with Gasteiger partial charge >= 0.3 is 0 Å². The molecule has 7 heteroatoms. The molecular weight excluding hydrogens is 448 g/mol. The minimum atomic E-state index is -0.301. The zero-order chi connectivity index (χ0) is 23.7. The zero-order valence-electron chi connectivity index (χ0n) is 18.6. The van der Waals surface area contributed by atoms with Crippen molar-refractivity contribution in [1.82, 2.24) is 19.7 Å². The molecule has 170 valence electrons. The molecule has 5 aromatic rings. The second kappa shape index (κ2) is 9.15. The lowest BCUT2D eigenvalue weighted by Gasteiger charge is -2.14. The molecule has 0 aliphatic rings. The summed E-state index contributed by atoms with van der Waals surface area (Å²) in [5.41, 5.74) is 3.17. The van der Waals surface area contributed by atoms with E-state index in [2.05, 4.69) is 10.4 Å². The van der Waals surface area contributed by atoms with Gasteiger partial charge in [0.1, 0.15) is 12.1 Å². The maximum absolute atomic E-state index is 13.5. The number of halogens is 1. The molecule has 2 heterocycles. The highest BCUT2D eigenvalue weighted by Gasteiger charge is 2.18. The number of rotatable bonds is 6. The second-order valence-electron chi connectivity index (χ2n) is 8.30. The van der Waals surface area contributed by atoms with E-state index >= 15 is 0 Å². The Bertz CT molecular complexity index is 1540. The van der Waals surface area contributed by atoms with Gasteiger partial charge in [-0.15, -0.1) is 0 Å². The third kappa shape index (κ3) is 4.20. The van der Waals surface area contributed by atoms with Gasteiger partial charge in [0.15, 0.2) is 0 Å². The zero-order valence-corrected chi connectivity index (χ0v) is 19.4. The summed E-state index contributed by atoms with van der Waals surface area (Å²) >= 11 is 6.05. The number of carbonyl (C=O) groups is 1. The molecule has 0 aliphatic heterocycles. The third-order valence-corrected chi connectivity index (χ3v) is 6.25. The number of hydrogen-bond acceptors (Lipinski definition) is 3. The van der Waals surface area contributed by atoms with Crippen LogP contribution in [0.3, 0.4) is 0 Å². The number of hydrogen-bond donors (Lipinski definition) is 1. The van der Waals surface area contributed by atoms with Crippen LogP contribution in [0.25, 0.3) is 21.8 Å². The molecule has 0 saturated heterocycles. The highest BCUT2D eigenvalue weighted by Crippen LogP contribution is 2.27. The SMILES string of the molecule is CC(NC(=O)Cn1ncc2c3ccccc3n(Cc3ccc(Cl)cc3)c2c1=O)c1ccccc1. The van der Waals surface area contributed by atoms with Crippen LogP contribution in [0.1, 0.15) is 24.1 Å². The molecule has 3 aromatic carbocycles. The van der Waals surface area contributed by atoms with E-state index in [4.69, 9.17) is 11.6 Å². The summed E-state index contributed by atoms with van der Waals surface area (Å²) in [7, 11) is 0. The van der Waals surface area contributed by atoms with Crippen LogP contribution in [0.2, 0.25) is 5.02 Å². The Balaban J connectivity index is 1.51. The number of benzene rings is 3. The van der Waals surface area contributed by atoms with Gasteiger partial charge in [-0.1, -0.05) is 72.3 Å². The van der Waals surface area contributed by atoms with Gasteiger partial charge < -0.3 is 9.88 Å². The van der Waals surface area contributed by atoms with Crippen LogP contribution in [0, 0.1) is 0 Å². The molecule has 0 bridgehead atoms. The molecule has 6 nitrogen and oxygen atoms in total. The number of aromatic nitrogens is 3. The number of fused-ring (bicyclic) bond motifs is 3. The molecule has 5 rings (SSSR count). The van der Waals surface area contributed by atoms with Crippen LogP contribution in [0.5, 0.6) is 0 Å².